The van der Waals surface area contributed by atoms with Crippen molar-refractivity contribution in [3.05, 3.63) is 58.9 Å². The number of ether oxygens (including phenoxy) is 2. The summed E-state index contributed by atoms with van der Waals surface area (Å²) in [4.78, 5) is 19.5. The first-order valence-corrected chi connectivity index (χ1v) is 9.61. The van der Waals surface area contributed by atoms with E-state index in [2.05, 4.69) is 10.1 Å². The summed E-state index contributed by atoms with van der Waals surface area (Å²) in [6.45, 7) is 0.597. The molecule has 1 aliphatic rings. The molecule has 0 spiro atoms. The molecule has 29 heavy (non-hydrogen) atoms. The van der Waals surface area contributed by atoms with Crippen molar-refractivity contribution >= 4 is 17.5 Å². The average molecular weight is 414 g/mol. The fourth-order valence-corrected chi connectivity index (χ4v) is 3.67. The second kappa shape index (κ2) is 8.13. The van der Waals surface area contributed by atoms with Crippen molar-refractivity contribution in [3.8, 4) is 22.9 Å². The quantitative estimate of drug-likeness (QED) is 0.617. The fourth-order valence-electron chi connectivity index (χ4n) is 3.50. The van der Waals surface area contributed by atoms with E-state index in [4.69, 9.17) is 25.6 Å². The zero-order valence-electron chi connectivity index (χ0n) is 16.1. The second-order valence-electron chi connectivity index (χ2n) is 6.69. The Hall–Kier alpha value is -3.06. The van der Waals surface area contributed by atoms with Crippen LogP contribution in [0.3, 0.4) is 0 Å². The molecule has 2 aromatic carbocycles. The molecule has 1 unspecified atom stereocenters. The van der Waals surface area contributed by atoms with Crippen LogP contribution in [0.5, 0.6) is 11.5 Å². The first-order chi connectivity index (χ1) is 14.1. The number of halogens is 1. The molecule has 1 aromatic heterocycles. The van der Waals surface area contributed by atoms with Crippen LogP contribution in [0, 0.1) is 0 Å². The van der Waals surface area contributed by atoms with Gasteiger partial charge in [-0.3, -0.25) is 4.79 Å². The van der Waals surface area contributed by atoms with Crippen LogP contribution in [-0.4, -0.2) is 41.7 Å². The molecule has 0 aliphatic carbocycles. The van der Waals surface area contributed by atoms with Crippen LogP contribution >= 0.6 is 11.6 Å². The molecule has 0 bridgehead atoms. The second-order valence-corrected chi connectivity index (χ2v) is 7.12. The Morgan fingerprint density at radius 1 is 1.17 bits per heavy atom. The Morgan fingerprint density at radius 2 is 1.97 bits per heavy atom. The van der Waals surface area contributed by atoms with E-state index in [0.717, 1.165) is 24.2 Å². The van der Waals surface area contributed by atoms with Gasteiger partial charge in [0.1, 0.15) is 17.5 Å². The molecule has 1 amide bonds. The van der Waals surface area contributed by atoms with Crippen molar-refractivity contribution in [3.63, 3.8) is 0 Å². The highest BCUT2D eigenvalue weighted by atomic mass is 35.5. The molecule has 2 heterocycles. The van der Waals surface area contributed by atoms with Gasteiger partial charge in [-0.1, -0.05) is 16.8 Å². The Bertz CT molecular complexity index is 1020. The first-order valence-electron chi connectivity index (χ1n) is 9.23. The molecule has 0 N–H and O–H groups in total. The van der Waals surface area contributed by atoms with Gasteiger partial charge in [0.15, 0.2) is 0 Å². The zero-order valence-corrected chi connectivity index (χ0v) is 16.8. The molecule has 7 nitrogen and oxygen atoms in total. The number of benzene rings is 2. The van der Waals surface area contributed by atoms with Crippen LogP contribution in [0.2, 0.25) is 5.02 Å². The highest BCUT2D eigenvalue weighted by Gasteiger charge is 2.35. The van der Waals surface area contributed by atoms with Crippen molar-refractivity contribution in [1.82, 2.24) is 15.0 Å². The summed E-state index contributed by atoms with van der Waals surface area (Å²) < 4.78 is 16.0. The molecular weight excluding hydrogens is 394 g/mol. The van der Waals surface area contributed by atoms with Crippen molar-refractivity contribution in [2.75, 3.05) is 20.8 Å². The lowest BCUT2D eigenvalue weighted by Gasteiger charge is -2.23. The zero-order chi connectivity index (χ0) is 20.4. The molecule has 0 radical (unpaired) electrons. The smallest absolute Gasteiger partial charge is 0.258 e. The highest BCUT2D eigenvalue weighted by Crippen LogP contribution is 2.35. The third-order valence-electron chi connectivity index (χ3n) is 4.98. The third-order valence-corrected chi connectivity index (χ3v) is 5.22. The van der Waals surface area contributed by atoms with Crippen molar-refractivity contribution in [2.24, 2.45) is 0 Å². The number of methoxy groups -OCH3 is 2. The van der Waals surface area contributed by atoms with Crippen LogP contribution in [0.25, 0.3) is 11.4 Å². The minimum Gasteiger partial charge on any atom is -0.497 e. The summed E-state index contributed by atoms with van der Waals surface area (Å²) >= 11 is 6.09. The first kappa shape index (κ1) is 19.3. The maximum Gasteiger partial charge on any atom is 0.258 e. The van der Waals surface area contributed by atoms with Crippen LogP contribution in [0.15, 0.2) is 47.0 Å². The van der Waals surface area contributed by atoms with Gasteiger partial charge in [-0.15, -0.1) is 0 Å². The summed E-state index contributed by atoms with van der Waals surface area (Å²) in [5.74, 6) is 1.95. The Kier molecular flexibility index (Phi) is 5.40. The number of nitrogens with zero attached hydrogens (tertiary/aromatic N) is 3. The number of hydrogen-bond donors (Lipinski definition) is 0. The lowest BCUT2D eigenvalue weighted by Crippen LogP contribution is -2.31. The number of rotatable bonds is 5. The van der Waals surface area contributed by atoms with E-state index in [1.54, 1.807) is 30.2 Å². The van der Waals surface area contributed by atoms with E-state index >= 15 is 0 Å². The maximum atomic E-state index is 13.2. The fraction of sp³-hybridized carbons (Fsp3) is 0.286. The predicted molar refractivity (Wildman–Crippen MR) is 107 cm³/mol. The molecule has 4 rings (SSSR count). The minimum absolute atomic E-state index is 0.170. The van der Waals surface area contributed by atoms with Crippen molar-refractivity contribution < 1.29 is 18.8 Å². The number of carbonyl (C=O) groups excluding carboxylic acids is 1. The molecule has 0 saturated carbocycles. The van der Waals surface area contributed by atoms with Crippen LogP contribution < -0.4 is 9.47 Å². The Morgan fingerprint density at radius 3 is 2.69 bits per heavy atom. The van der Waals surface area contributed by atoms with Crippen LogP contribution in [-0.2, 0) is 0 Å². The molecule has 1 saturated heterocycles. The van der Waals surface area contributed by atoms with Gasteiger partial charge in [-0.25, -0.2) is 0 Å². The van der Waals surface area contributed by atoms with E-state index in [1.807, 2.05) is 24.3 Å². The largest absolute Gasteiger partial charge is 0.497 e. The van der Waals surface area contributed by atoms with E-state index < -0.39 is 0 Å². The number of carbonyl (C=O) groups is 1. The molecule has 1 atom stereocenters. The summed E-state index contributed by atoms with van der Waals surface area (Å²) in [6.07, 6.45) is 1.60. The van der Waals surface area contributed by atoms with Crippen LogP contribution in [0.1, 0.15) is 35.1 Å². The monoisotopic (exact) mass is 413 g/mol. The Balaban J connectivity index is 1.60. The standard InChI is InChI=1S/C21H20ClN3O4/c1-27-15-8-5-13(6-9-15)19-23-20(29-24-19)17-4-3-11-25(17)21(26)16-12-14(22)7-10-18(16)28-2/h5-10,12,17H,3-4,11H2,1-2H3. The Labute approximate surface area is 173 Å². The molecule has 150 valence electrons. The summed E-state index contributed by atoms with van der Waals surface area (Å²) in [5.41, 5.74) is 1.23. The van der Waals surface area contributed by atoms with Gasteiger partial charge < -0.3 is 18.9 Å². The van der Waals surface area contributed by atoms with E-state index in [1.165, 1.54) is 7.11 Å². The topological polar surface area (TPSA) is 77.7 Å². The predicted octanol–water partition coefficient (Wildman–Crippen LogP) is 4.38. The van der Waals surface area contributed by atoms with Gasteiger partial charge in [0.2, 0.25) is 11.7 Å². The van der Waals surface area contributed by atoms with E-state index in [-0.39, 0.29) is 11.9 Å². The SMILES string of the molecule is COc1ccc(-c2noc(C3CCCN3C(=O)c3cc(Cl)ccc3OC)n2)cc1. The number of likely N-dealkylation sites (tertiary alicyclic amines) is 1. The lowest BCUT2D eigenvalue weighted by molar-refractivity contribution is 0.0706. The van der Waals surface area contributed by atoms with E-state index in [0.29, 0.717) is 34.6 Å². The lowest BCUT2D eigenvalue weighted by atomic mass is 10.1. The van der Waals surface area contributed by atoms with Crippen molar-refractivity contribution in [1.29, 1.82) is 0 Å². The maximum absolute atomic E-state index is 13.2. The molecule has 3 aromatic rings. The molecular formula is C21H20ClN3O4. The summed E-state index contributed by atoms with van der Waals surface area (Å²) in [5, 5.41) is 4.57. The normalized spacial score (nSPS) is 16.1. The highest BCUT2D eigenvalue weighted by molar-refractivity contribution is 6.31. The minimum atomic E-state index is -0.286. The molecule has 1 aliphatic heterocycles. The van der Waals surface area contributed by atoms with Gasteiger partial charge in [0.05, 0.1) is 19.8 Å². The molecule has 8 heteroatoms. The van der Waals surface area contributed by atoms with Crippen LogP contribution in [0.4, 0.5) is 0 Å². The third kappa shape index (κ3) is 3.78. The van der Waals surface area contributed by atoms with Crippen molar-refractivity contribution in [2.45, 2.75) is 18.9 Å². The average Bonchev–Trinajstić information content (AvgIpc) is 3.42. The summed E-state index contributed by atoms with van der Waals surface area (Å²) in [7, 11) is 3.14. The molecule has 1 fully saturated rings. The van der Waals surface area contributed by atoms with Gasteiger partial charge >= 0.3 is 0 Å². The van der Waals surface area contributed by atoms with Gasteiger partial charge in [-0.05, 0) is 55.3 Å². The van der Waals surface area contributed by atoms with Gasteiger partial charge in [-0.2, -0.15) is 4.98 Å². The number of amides is 1. The number of aromatic nitrogens is 2. The number of hydrogen-bond acceptors (Lipinski definition) is 6. The van der Waals surface area contributed by atoms with Gasteiger partial charge in [0, 0.05) is 17.1 Å². The van der Waals surface area contributed by atoms with E-state index in [9.17, 15) is 4.79 Å². The summed E-state index contributed by atoms with van der Waals surface area (Å²) in [6, 6.07) is 12.1. The van der Waals surface area contributed by atoms with Gasteiger partial charge in [0.25, 0.3) is 5.91 Å².